The van der Waals surface area contributed by atoms with Crippen LogP contribution in [0.15, 0.2) is 28.3 Å². The van der Waals surface area contributed by atoms with Crippen LogP contribution in [-0.4, -0.2) is 72.5 Å². The first-order valence-electron chi connectivity index (χ1n) is 10.3. The standard InChI is InChI=1S/C20H29N5O3S2/c1-16(19(26)23-20(15-21)8-4-3-5-9-20)29-18-7-6-17(14-22-18)30(27,28)25-12-10-24(2)11-13-25/h6-7,14,16H,3-5,8-13H2,1-2H3,(H,23,26)/t16-/m1/s1. The van der Waals surface area contributed by atoms with Crippen LogP contribution in [0.3, 0.4) is 0 Å². The van der Waals surface area contributed by atoms with Gasteiger partial charge in [0.15, 0.2) is 0 Å². The quantitative estimate of drug-likeness (QED) is 0.658. The molecule has 1 N–H and O–H groups in total. The number of pyridine rings is 1. The van der Waals surface area contributed by atoms with Gasteiger partial charge in [-0.25, -0.2) is 13.4 Å². The summed E-state index contributed by atoms with van der Waals surface area (Å²) in [6, 6.07) is 5.48. The molecule has 1 aromatic rings. The maximum atomic E-state index is 12.8. The molecule has 1 saturated heterocycles. The summed E-state index contributed by atoms with van der Waals surface area (Å²) in [6.07, 6.45) is 5.71. The number of hydrogen-bond donors (Lipinski definition) is 1. The summed E-state index contributed by atoms with van der Waals surface area (Å²) in [7, 11) is -1.58. The lowest BCUT2D eigenvalue weighted by atomic mass is 9.83. The molecule has 1 saturated carbocycles. The highest BCUT2D eigenvalue weighted by Crippen LogP contribution is 2.29. The maximum Gasteiger partial charge on any atom is 0.244 e. The van der Waals surface area contributed by atoms with Crippen molar-refractivity contribution in [1.29, 1.82) is 5.26 Å². The molecule has 10 heteroatoms. The summed E-state index contributed by atoms with van der Waals surface area (Å²) in [4.78, 5) is 19.1. The molecule has 0 aromatic carbocycles. The van der Waals surface area contributed by atoms with E-state index < -0.39 is 20.8 Å². The second kappa shape index (κ2) is 9.64. The van der Waals surface area contributed by atoms with Crippen molar-refractivity contribution in [3.8, 4) is 6.07 Å². The van der Waals surface area contributed by atoms with Crippen LogP contribution < -0.4 is 5.32 Å². The van der Waals surface area contributed by atoms with Crippen LogP contribution in [0, 0.1) is 11.3 Å². The topological polar surface area (TPSA) is 106 Å². The van der Waals surface area contributed by atoms with Crippen LogP contribution >= 0.6 is 11.8 Å². The highest BCUT2D eigenvalue weighted by Gasteiger charge is 2.35. The van der Waals surface area contributed by atoms with Gasteiger partial charge in [0.25, 0.3) is 0 Å². The van der Waals surface area contributed by atoms with E-state index in [4.69, 9.17) is 0 Å². The van der Waals surface area contributed by atoms with Gasteiger partial charge in [-0.15, -0.1) is 0 Å². The molecule has 1 amide bonds. The van der Waals surface area contributed by atoms with E-state index in [1.165, 1.54) is 22.3 Å². The second-order valence-electron chi connectivity index (χ2n) is 8.04. The van der Waals surface area contributed by atoms with E-state index in [9.17, 15) is 18.5 Å². The molecule has 1 atom stereocenters. The molecular formula is C20H29N5O3S2. The highest BCUT2D eigenvalue weighted by atomic mass is 32.2. The first-order chi connectivity index (χ1) is 14.3. The molecule has 0 bridgehead atoms. The molecule has 2 heterocycles. The van der Waals surface area contributed by atoms with Gasteiger partial charge in [0, 0.05) is 32.4 Å². The molecule has 1 aliphatic carbocycles. The Morgan fingerprint density at radius 1 is 1.23 bits per heavy atom. The lowest BCUT2D eigenvalue weighted by Gasteiger charge is -2.32. The van der Waals surface area contributed by atoms with Crippen molar-refractivity contribution in [2.24, 2.45) is 0 Å². The van der Waals surface area contributed by atoms with Gasteiger partial charge >= 0.3 is 0 Å². The van der Waals surface area contributed by atoms with Crippen LogP contribution in [0.1, 0.15) is 39.0 Å². The van der Waals surface area contributed by atoms with Gasteiger partial charge in [-0.3, -0.25) is 4.79 Å². The number of nitriles is 1. The average molecular weight is 452 g/mol. The van der Waals surface area contributed by atoms with E-state index in [1.54, 1.807) is 19.1 Å². The largest absolute Gasteiger partial charge is 0.337 e. The molecule has 0 spiro atoms. The molecule has 0 unspecified atom stereocenters. The SMILES string of the molecule is C[C@@H](Sc1ccc(S(=O)(=O)N2CCN(C)CC2)cn1)C(=O)NC1(C#N)CCCCC1. The number of nitrogens with one attached hydrogen (secondary N) is 1. The minimum absolute atomic E-state index is 0.166. The summed E-state index contributed by atoms with van der Waals surface area (Å²) >= 11 is 1.26. The number of likely N-dealkylation sites (N-methyl/N-ethyl adjacent to an activating group) is 1. The Morgan fingerprint density at radius 2 is 1.90 bits per heavy atom. The van der Waals surface area contributed by atoms with E-state index in [0.29, 0.717) is 44.0 Å². The van der Waals surface area contributed by atoms with E-state index >= 15 is 0 Å². The van der Waals surface area contributed by atoms with E-state index in [-0.39, 0.29) is 10.8 Å². The van der Waals surface area contributed by atoms with Crippen LogP contribution in [0.25, 0.3) is 0 Å². The number of aromatic nitrogens is 1. The van der Waals surface area contributed by atoms with E-state index in [1.807, 2.05) is 7.05 Å². The summed E-state index contributed by atoms with van der Waals surface area (Å²) < 4.78 is 27.1. The molecule has 1 aliphatic heterocycles. The number of carbonyl (C=O) groups excluding carboxylic acids is 1. The van der Waals surface area contributed by atoms with E-state index in [2.05, 4.69) is 21.3 Å². The predicted molar refractivity (Wildman–Crippen MR) is 115 cm³/mol. The maximum absolute atomic E-state index is 12.8. The third-order valence-electron chi connectivity index (χ3n) is 5.76. The fourth-order valence-corrected chi connectivity index (χ4v) is 5.92. The predicted octanol–water partition coefficient (Wildman–Crippen LogP) is 1.84. The average Bonchev–Trinajstić information content (AvgIpc) is 2.75. The summed E-state index contributed by atoms with van der Waals surface area (Å²) in [5, 5.41) is 12.6. The molecule has 30 heavy (non-hydrogen) atoms. The first-order valence-corrected chi connectivity index (χ1v) is 12.6. The molecule has 2 aliphatic rings. The Bertz CT molecular complexity index is 884. The smallest absolute Gasteiger partial charge is 0.244 e. The number of carbonyl (C=O) groups is 1. The lowest BCUT2D eigenvalue weighted by molar-refractivity contribution is -0.121. The first kappa shape index (κ1) is 23.0. The Morgan fingerprint density at radius 3 is 2.47 bits per heavy atom. The van der Waals surface area contributed by atoms with Crippen molar-refractivity contribution >= 4 is 27.7 Å². The minimum Gasteiger partial charge on any atom is -0.337 e. The molecule has 3 rings (SSSR count). The van der Waals surface area contributed by atoms with Crippen molar-refractivity contribution in [2.45, 2.75) is 59.7 Å². The van der Waals surface area contributed by atoms with Gasteiger partial charge in [0.05, 0.1) is 16.3 Å². The Balaban J connectivity index is 1.61. The molecule has 8 nitrogen and oxygen atoms in total. The number of piperazine rings is 1. The molecule has 0 radical (unpaired) electrons. The molecular weight excluding hydrogens is 422 g/mol. The highest BCUT2D eigenvalue weighted by molar-refractivity contribution is 8.00. The minimum atomic E-state index is -3.56. The van der Waals surface area contributed by atoms with Gasteiger partial charge in [-0.2, -0.15) is 9.57 Å². The zero-order chi connectivity index (χ0) is 21.8. The zero-order valence-corrected chi connectivity index (χ0v) is 19.1. The number of hydrogen-bond acceptors (Lipinski definition) is 7. The summed E-state index contributed by atoms with van der Waals surface area (Å²) in [5.74, 6) is -0.195. The number of rotatable bonds is 6. The monoisotopic (exact) mass is 451 g/mol. The van der Waals surface area contributed by atoms with Gasteiger partial charge in [-0.1, -0.05) is 31.0 Å². The van der Waals surface area contributed by atoms with Gasteiger partial charge in [-0.05, 0) is 38.9 Å². The van der Waals surface area contributed by atoms with Crippen LogP contribution in [-0.2, 0) is 14.8 Å². The summed E-state index contributed by atoms with van der Waals surface area (Å²) in [6.45, 7) is 4.11. The van der Waals surface area contributed by atoms with Crippen molar-refractivity contribution in [3.05, 3.63) is 18.3 Å². The fourth-order valence-electron chi connectivity index (χ4n) is 3.76. The molecule has 2 fully saturated rings. The number of amides is 1. The zero-order valence-electron chi connectivity index (χ0n) is 17.5. The van der Waals surface area contributed by atoms with Gasteiger partial charge < -0.3 is 10.2 Å². The van der Waals surface area contributed by atoms with Gasteiger partial charge in [0.2, 0.25) is 15.9 Å². The fraction of sp³-hybridized carbons (Fsp3) is 0.650. The van der Waals surface area contributed by atoms with Crippen molar-refractivity contribution in [2.75, 3.05) is 33.2 Å². The molecule has 1 aromatic heterocycles. The van der Waals surface area contributed by atoms with Crippen LogP contribution in [0.4, 0.5) is 0 Å². The third-order valence-corrected chi connectivity index (χ3v) is 8.69. The van der Waals surface area contributed by atoms with Crippen LogP contribution in [0.2, 0.25) is 0 Å². The van der Waals surface area contributed by atoms with Crippen molar-refractivity contribution < 1.29 is 13.2 Å². The number of thioether (sulfide) groups is 1. The third kappa shape index (κ3) is 5.32. The lowest BCUT2D eigenvalue weighted by Crippen LogP contribution is -2.50. The normalized spacial score (nSPS) is 21.5. The number of sulfonamides is 1. The molecule has 164 valence electrons. The summed E-state index contributed by atoms with van der Waals surface area (Å²) in [5.41, 5.74) is -0.766. The Kier molecular flexibility index (Phi) is 7.39. The second-order valence-corrected chi connectivity index (χ2v) is 11.3. The van der Waals surface area contributed by atoms with E-state index in [0.717, 1.165) is 19.3 Å². The van der Waals surface area contributed by atoms with Crippen molar-refractivity contribution in [1.82, 2.24) is 19.5 Å². The Hall–Kier alpha value is -1.67. The van der Waals surface area contributed by atoms with Crippen LogP contribution in [0.5, 0.6) is 0 Å². The van der Waals surface area contributed by atoms with Gasteiger partial charge in [0.1, 0.15) is 10.4 Å². The number of nitrogens with zero attached hydrogens (tertiary/aromatic N) is 4. The van der Waals surface area contributed by atoms with Crippen molar-refractivity contribution in [3.63, 3.8) is 0 Å². The Labute approximate surface area is 183 Å².